The molecule has 5 nitrogen and oxygen atoms in total. The number of hydrogen-bond donors (Lipinski definition) is 2. The normalized spacial score (nSPS) is 10.3. The Bertz CT molecular complexity index is 351. The van der Waals surface area contributed by atoms with Gasteiger partial charge in [0.1, 0.15) is 6.34 Å². The van der Waals surface area contributed by atoms with Gasteiger partial charge in [-0.2, -0.15) is 5.10 Å². The van der Waals surface area contributed by atoms with Crippen LogP contribution in [-0.2, 0) is 4.84 Å². The van der Waals surface area contributed by atoms with Gasteiger partial charge in [0, 0.05) is 10.6 Å². The first-order valence-corrected chi connectivity index (χ1v) is 4.48. The number of hydroxylamine groups is 1. The fraction of sp³-hybridized carbons (Fsp3) is 0.111. The molecule has 0 saturated carbocycles. The summed E-state index contributed by atoms with van der Waals surface area (Å²) in [5.74, 6) is -0.319. The molecule has 0 saturated heterocycles. The van der Waals surface area contributed by atoms with Crippen LogP contribution in [0.5, 0.6) is 0 Å². The molecule has 1 aromatic carbocycles. The summed E-state index contributed by atoms with van der Waals surface area (Å²) < 4.78 is 0. The Balaban J connectivity index is 2.50. The quantitative estimate of drug-likeness (QED) is 0.461. The standard InChI is InChI=1S/C9H10ClN3O2/c1-15-12-6-11-13-9(14)7-2-4-8(10)5-3-7/h2-6H,1H3,(H,11,12)(H,13,14). The second-order valence-electron chi connectivity index (χ2n) is 2.53. The van der Waals surface area contributed by atoms with Crippen LogP contribution in [0.25, 0.3) is 0 Å². The number of hydrogen-bond acceptors (Lipinski definition) is 3. The van der Waals surface area contributed by atoms with Gasteiger partial charge in [0.05, 0.1) is 7.11 Å². The molecule has 1 amide bonds. The lowest BCUT2D eigenvalue weighted by Crippen LogP contribution is -2.20. The molecule has 0 atom stereocenters. The van der Waals surface area contributed by atoms with Crippen LogP contribution < -0.4 is 10.9 Å². The van der Waals surface area contributed by atoms with Crippen molar-refractivity contribution in [1.29, 1.82) is 0 Å². The summed E-state index contributed by atoms with van der Waals surface area (Å²) in [6.07, 6.45) is 1.22. The Morgan fingerprint density at radius 3 is 2.73 bits per heavy atom. The highest BCUT2D eigenvalue weighted by Crippen LogP contribution is 2.08. The van der Waals surface area contributed by atoms with Crippen LogP contribution in [-0.4, -0.2) is 19.4 Å². The van der Waals surface area contributed by atoms with E-state index in [2.05, 4.69) is 20.8 Å². The maximum atomic E-state index is 11.4. The lowest BCUT2D eigenvalue weighted by Gasteiger charge is -1.99. The van der Waals surface area contributed by atoms with E-state index >= 15 is 0 Å². The summed E-state index contributed by atoms with van der Waals surface area (Å²) in [5.41, 5.74) is 5.12. The molecule has 15 heavy (non-hydrogen) atoms. The molecule has 0 unspecified atom stereocenters. The van der Waals surface area contributed by atoms with Crippen LogP contribution in [0.4, 0.5) is 0 Å². The molecular formula is C9H10ClN3O2. The maximum Gasteiger partial charge on any atom is 0.271 e. The number of nitrogens with one attached hydrogen (secondary N) is 2. The average Bonchev–Trinajstić information content (AvgIpc) is 2.25. The molecule has 1 aromatic rings. The topological polar surface area (TPSA) is 62.7 Å². The van der Waals surface area contributed by atoms with Crippen molar-refractivity contribution in [3.8, 4) is 0 Å². The average molecular weight is 228 g/mol. The van der Waals surface area contributed by atoms with Crippen molar-refractivity contribution in [2.75, 3.05) is 7.11 Å². The second-order valence-corrected chi connectivity index (χ2v) is 2.96. The molecular weight excluding hydrogens is 218 g/mol. The first-order valence-electron chi connectivity index (χ1n) is 4.10. The molecule has 0 bridgehead atoms. The van der Waals surface area contributed by atoms with Gasteiger partial charge in [-0.3, -0.25) is 15.1 Å². The zero-order valence-electron chi connectivity index (χ0n) is 8.03. The smallest absolute Gasteiger partial charge is 0.271 e. The van der Waals surface area contributed by atoms with Gasteiger partial charge in [0.2, 0.25) is 0 Å². The van der Waals surface area contributed by atoms with Crippen LogP contribution in [0.1, 0.15) is 10.4 Å². The van der Waals surface area contributed by atoms with E-state index in [4.69, 9.17) is 11.6 Å². The van der Waals surface area contributed by atoms with Gasteiger partial charge >= 0.3 is 0 Å². The summed E-state index contributed by atoms with van der Waals surface area (Å²) in [4.78, 5) is 15.9. The predicted octanol–water partition coefficient (Wildman–Crippen LogP) is 1.16. The van der Waals surface area contributed by atoms with E-state index in [9.17, 15) is 4.79 Å². The van der Waals surface area contributed by atoms with Gasteiger partial charge in [0.15, 0.2) is 0 Å². The molecule has 0 radical (unpaired) electrons. The molecule has 0 aromatic heterocycles. The first kappa shape index (κ1) is 11.5. The molecule has 80 valence electrons. The minimum absolute atomic E-state index is 0.319. The van der Waals surface area contributed by atoms with Gasteiger partial charge in [-0.25, -0.2) is 5.43 Å². The van der Waals surface area contributed by atoms with Gasteiger partial charge in [0.25, 0.3) is 5.91 Å². The molecule has 0 aliphatic heterocycles. The molecule has 0 fully saturated rings. The van der Waals surface area contributed by atoms with Crippen LogP contribution in [0.15, 0.2) is 29.4 Å². The Kier molecular flexibility index (Phi) is 4.59. The van der Waals surface area contributed by atoms with Crippen molar-refractivity contribution in [3.63, 3.8) is 0 Å². The zero-order valence-corrected chi connectivity index (χ0v) is 8.78. The predicted molar refractivity (Wildman–Crippen MR) is 57.6 cm³/mol. The van der Waals surface area contributed by atoms with Gasteiger partial charge in [-0.05, 0) is 24.3 Å². The van der Waals surface area contributed by atoms with Crippen LogP contribution >= 0.6 is 11.6 Å². The summed E-state index contributed by atoms with van der Waals surface area (Å²) in [7, 11) is 1.44. The van der Waals surface area contributed by atoms with Crippen molar-refractivity contribution in [1.82, 2.24) is 10.9 Å². The van der Waals surface area contributed by atoms with E-state index in [1.165, 1.54) is 13.4 Å². The Hall–Kier alpha value is -1.59. The third kappa shape index (κ3) is 3.97. The third-order valence-corrected chi connectivity index (χ3v) is 1.76. The maximum absolute atomic E-state index is 11.4. The molecule has 1 rings (SSSR count). The van der Waals surface area contributed by atoms with Gasteiger partial charge in [-0.15, -0.1) is 0 Å². The third-order valence-electron chi connectivity index (χ3n) is 1.51. The Morgan fingerprint density at radius 1 is 1.47 bits per heavy atom. The minimum atomic E-state index is -0.319. The lowest BCUT2D eigenvalue weighted by atomic mass is 10.2. The fourth-order valence-corrected chi connectivity index (χ4v) is 0.962. The molecule has 0 aliphatic rings. The molecule has 0 heterocycles. The highest BCUT2D eigenvalue weighted by atomic mass is 35.5. The summed E-state index contributed by atoms with van der Waals surface area (Å²) in [6, 6.07) is 6.48. The van der Waals surface area contributed by atoms with Crippen LogP contribution in [0.3, 0.4) is 0 Å². The molecule has 2 N–H and O–H groups in total. The number of carbonyl (C=O) groups is 1. The highest BCUT2D eigenvalue weighted by Gasteiger charge is 2.02. The summed E-state index contributed by atoms with van der Waals surface area (Å²) in [5, 5.41) is 4.15. The summed E-state index contributed by atoms with van der Waals surface area (Å²) in [6.45, 7) is 0. The number of carbonyl (C=O) groups excluding carboxylic acids is 1. The minimum Gasteiger partial charge on any atom is -0.279 e. The number of halogens is 1. The van der Waals surface area contributed by atoms with Crippen LogP contribution in [0.2, 0.25) is 5.02 Å². The van der Waals surface area contributed by atoms with Crippen molar-refractivity contribution in [2.45, 2.75) is 0 Å². The van der Waals surface area contributed by atoms with Gasteiger partial charge in [-0.1, -0.05) is 11.6 Å². The first-order chi connectivity index (χ1) is 7.24. The van der Waals surface area contributed by atoms with Crippen LogP contribution in [0, 0.1) is 0 Å². The van der Waals surface area contributed by atoms with E-state index in [0.717, 1.165) is 0 Å². The largest absolute Gasteiger partial charge is 0.279 e. The number of benzene rings is 1. The van der Waals surface area contributed by atoms with Crippen molar-refractivity contribution >= 4 is 23.8 Å². The van der Waals surface area contributed by atoms with Crippen molar-refractivity contribution < 1.29 is 9.63 Å². The number of amides is 1. The number of rotatable bonds is 4. The molecule has 6 heteroatoms. The number of nitrogens with zero attached hydrogens (tertiary/aromatic N) is 1. The fourth-order valence-electron chi connectivity index (χ4n) is 0.836. The zero-order chi connectivity index (χ0) is 11.1. The van der Waals surface area contributed by atoms with E-state index in [1.54, 1.807) is 24.3 Å². The highest BCUT2D eigenvalue weighted by molar-refractivity contribution is 6.30. The van der Waals surface area contributed by atoms with E-state index in [1.807, 2.05) is 0 Å². The van der Waals surface area contributed by atoms with Gasteiger partial charge < -0.3 is 0 Å². The monoisotopic (exact) mass is 227 g/mol. The van der Waals surface area contributed by atoms with E-state index < -0.39 is 0 Å². The lowest BCUT2D eigenvalue weighted by molar-refractivity contribution is 0.0953. The van der Waals surface area contributed by atoms with E-state index in [-0.39, 0.29) is 5.91 Å². The van der Waals surface area contributed by atoms with Crippen molar-refractivity contribution in [2.24, 2.45) is 5.10 Å². The van der Waals surface area contributed by atoms with Crippen molar-refractivity contribution in [3.05, 3.63) is 34.9 Å². The molecule has 0 aliphatic carbocycles. The Labute approximate surface area is 92.0 Å². The SMILES string of the molecule is CON/C=N/NC(=O)c1ccc(Cl)cc1. The van der Waals surface area contributed by atoms with E-state index in [0.29, 0.717) is 10.6 Å². The second kappa shape index (κ2) is 6.00. The Morgan fingerprint density at radius 2 is 2.13 bits per heavy atom. The summed E-state index contributed by atoms with van der Waals surface area (Å²) >= 11 is 5.67. The molecule has 0 spiro atoms. The number of hydrazone groups is 1.